The molecule has 0 saturated carbocycles. The van der Waals surface area contributed by atoms with Gasteiger partial charge in [-0.25, -0.2) is 0 Å². The van der Waals surface area contributed by atoms with E-state index in [-0.39, 0.29) is 0 Å². The molecular formula is C16H23N3. The smallest absolute Gasteiger partial charge is 0.0991 e. The maximum Gasteiger partial charge on any atom is 0.0991 e. The van der Waals surface area contributed by atoms with Crippen molar-refractivity contribution >= 4 is 0 Å². The quantitative estimate of drug-likeness (QED) is 0.796. The summed E-state index contributed by atoms with van der Waals surface area (Å²) in [4.78, 5) is 2.55. The van der Waals surface area contributed by atoms with Gasteiger partial charge in [0.25, 0.3) is 0 Å². The molecule has 0 aromatic heterocycles. The minimum atomic E-state index is 0.353. The van der Waals surface area contributed by atoms with E-state index in [9.17, 15) is 0 Å². The lowest BCUT2D eigenvalue weighted by molar-refractivity contribution is 0.328. The van der Waals surface area contributed by atoms with Crippen molar-refractivity contribution in [3.05, 3.63) is 35.4 Å². The lowest BCUT2D eigenvalue weighted by Gasteiger charge is -2.17. The van der Waals surface area contributed by atoms with Crippen LogP contribution in [0.2, 0.25) is 0 Å². The van der Waals surface area contributed by atoms with Gasteiger partial charge in [0.2, 0.25) is 0 Å². The van der Waals surface area contributed by atoms with Gasteiger partial charge in [-0.15, -0.1) is 0 Å². The van der Waals surface area contributed by atoms with E-state index in [1.54, 1.807) is 0 Å². The summed E-state index contributed by atoms with van der Waals surface area (Å²) in [6.45, 7) is 7.01. The van der Waals surface area contributed by atoms with Gasteiger partial charge in [0.05, 0.1) is 11.6 Å². The number of nitrogens with one attached hydrogen (secondary N) is 1. The molecule has 0 aliphatic carbocycles. The fourth-order valence-corrected chi connectivity index (χ4v) is 2.59. The molecule has 1 atom stereocenters. The van der Waals surface area contributed by atoms with Gasteiger partial charge >= 0.3 is 0 Å². The van der Waals surface area contributed by atoms with Crippen LogP contribution in [-0.4, -0.2) is 31.1 Å². The Morgan fingerprint density at radius 1 is 1.26 bits per heavy atom. The summed E-state index contributed by atoms with van der Waals surface area (Å²) in [5, 5.41) is 12.3. The summed E-state index contributed by atoms with van der Waals surface area (Å²) in [5.41, 5.74) is 1.98. The monoisotopic (exact) mass is 257 g/mol. The second-order valence-corrected chi connectivity index (χ2v) is 5.31. The Kier molecular flexibility index (Phi) is 5.38. The molecule has 3 nitrogen and oxygen atoms in total. The normalized spacial score (nSPS) is 17.3. The molecule has 0 radical (unpaired) electrons. The van der Waals surface area contributed by atoms with Gasteiger partial charge in [0.1, 0.15) is 0 Å². The van der Waals surface area contributed by atoms with Gasteiger partial charge in [0.15, 0.2) is 0 Å². The molecule has 1 aromatic carbocycles. The minimum absolute atomic E-state index is 0.353. The molecule has 1 aliphatic rings. The summed E-state index contributed by atoms with van der Waals surface area (Å²) < 4.78 is 0. The number of rotatable bonds is 6. The third-order valence-electron chi connectivity index (χ3n) is 3.84. The fraction of sp³-hybridized carbons (Fsp3) is 0.562. The molecule has 1 aliphatic heterocycles. The second-order valence-electron chi connectivity index (χ2n) is 5.31. The average Bonchev–Trinajstić information content (AvgIpc) is 2.96. The van der Waals surface area contributed by atoms with Crippen LogP contribution < -0.4 is 5.32 Å². The van der Waals surface area contributed by atoms with Gasteiger partial charge in [-0.1, -0.05) is 12.1 Å². The standard InChI is InChI=1S/C16H23N3/c1-14(16-7-5-15(13-17)6-8-16)18-9-4-12-19-10-2-3-11-19/h5-8,14,18H,2-4,9-12H2,1H3. The predicted molar refractivity (Wildman–Crippen MR) is 77.9 cm³/mol. The van der Waals surface area contributed by atoms with Crippen molar-refractivity contribution in [2.45, 2.75) is 32.2 Å². The molecule has 1 saturated heterocycles. The van der Waals surface area contributed by atoms with Crippen molar-refractivity contribution in [2.75, 3.05) is 26.2 Å². The fourth-order valence-electron chi connectivity index (χ4n) is 2.59. The van der Waals surface area contributed by atoms with E-state index in [1.807, 2.05) is 24.3 Å². The van der Waals surface area contributed by atoms with Crippen LogP contribution in [0.1, 0.15) is 43.4 Å². The maximum absolute atomic E-state index is 8.77. The van der Waals surface area contributed by atoms with E-state index < -0.39 is 0 Å². The van der Waals surface area contributed by atoms with Gasteiger partial charge in [-0.05, 0) is 70.1 Å². The molecule has 1 aromatic rings. The zero-order valence-corrected chi connectivity index (χ0v) is 11.7. The van der Waals surface area contributed by atoms with Crippen LogP contribution >= 0.6 is 0 Å². The molecule has 1 N–H and O–H groups in total. The highest BCUT2D eigenvalue weighted by Gasteiger charge is 2.10. The van der Waals surface area contributed by atoms with Gasteiger partial charge in [-0.3, -0.25) is 0 Å². The Morgan fingerprint density at radius 3 is 2.58 bits per heavy atom. The van der Waals surface area contributed by atoms with Crippen molar-refractivity contribution < 1.29 is 0 Å². The van der Waals surface area contributed by atoms with E-state index >= 15 is 0 Å². The second kappa shape index (κ2) is 7.28. The first-order chi connectivity index (χ1) is 9.29. The Balaban J connectivity index is 1.68. The summed E-state index contributed by atoms with van der Waals surface area (Å²) in [6, 6.07) is 10.4. The first-order valence-electron chi connectivity index (χ1n) is 7.25. The number of hydrogen-bond acceptors (Lipinski definition) is 3. The Hall–Kier alpha value is -1.37. The highest BCUT2D eigenvalue weighted by Crippen LogP contribution is 2.13. The van der Waals surface area contributed by atoms with Crippen molar-refractivity contribution in [1.29, 1.82) is 5.26 Å². The zero-order chi connectivity index (χ0) is 13.5. The molecule has 19 heavy (non-hydrogen) atoms. The van der Waals surface area contributed by atoms with Gasteiger partial charge in [0, 0.05) is 6.04 Å². The summed E-state index contributed by atoms with van der Waals surface area (Å²) in [6.07, 6.45) is 3.95. The Morgan fingerprint density at radius 2 is 1.95 bits per heavy atom. The molecule has 1 heterocycles. The molecular weight excluding hydrogens is 234 g/mol. The molecule has 102 valence electrons. The van der Waals surface area contributed by atoms with E-state index in [2.05, 4.69) is 23.2 Å². The van der Waals surface area contributed by atoms with Crippen LogP contribution in [0.4, 0.5) is 0 Å². The van der Waals surface area contributed by atoms with E-state index in [1.165, 1.54) is 44.5 Å². The molecule has 0 spiro atoms. The van der Waals surface area contributed by atoms with Crippen LogP contribution in [0.15, 0.2) is 24.3 Å². The lowest BCUT2D eigenvalue weighted by Crippen LogP contribution is -2.26. The highest BCUT2D eigenvalue weighted by atomic mass is 15.1. The van der Waals surface area contributed by atoms with Crippen LogP contribution in [0, 0.1) is 11.3 Å². The van der Waals surface area contributed by atoms with Crippen molar-refractivity contribution in [3.8, 4) is 6.07 Å². The molecule has 1 unspecified atom stereocenters. The molecule has 2 rings (SSSR count). The number of nitrogens with zero attached hydrogens (tertiary/aromatic N) is 2. The minimum Gasteiger partial charge on any atom is -0.310 e. The van der Waals surface area contributed by atoms with Gasteiger partial charge < -0.3 is 10.2 Å². The highest BCUT2D eigenvalue weighted by molar-refractivity contribution is 5.32. The predicted octanol–water partition coefficient (Wildman–Crippen LogP) is 2.69. The number of likely N-dealkylation sites (tertiary alicyclic amines) is 1. The van der Waals surface area contributed by atoms with Crippen molar-refractivity contribution in [3.63, 3.8) is 0 Å². The number of hydrogen-bond donors (Lipinski definition) is 1. The first-order valence-corrected chi connectivity index (χ1v) is 7.25. The van der Waals surface area contributed by atoms with Crippen molar-refractivity contribution in [1.82, 2.24) is 10.2 Å². The SMILES string of the molecule is CC(NCCCN1CCCC1)c1ccc(C#N)cc1. The summed E-state index contributed by atoms with van der Waals surface area (Å²) >= 11 is 0. The summed E-state index contributed by atoms with van der Waals surface area (Å²) in [7, 11) is 0. The third kappa shape index (κ3) is 4.34. The molecule has 0 amide bonds. The van der Waals surface area contributed by atoms with Crippen LogP contribution in [0.5, 0.6) is 0 Å². The van der Waals surface area contributed by atoms with E-state index in [0.29, 0.717) is 6.04 Å². The Labute approximate surface area is 116 Å². The van der Waals surface area contributed by atoms with Crippen LogP contribution in [-0.2, 0) is 0 Å². The molecule has 0 bridgehead atoms. The number of nitriles is 1. The van der Waals surface area contributed by atoms with Crippen LogP contribution in [0.25, 0.3) is 0 Å². The first kappa shape index (κ1) is 14.0. The average molecular weight is 257 g/mol. The van der Waals surface area contributed by atoms with Crippen molar-refractivity contribution in [2.24, 2.45) is 0 Å². The van der Waals surface area contributed by atoms with Crippen LogP contribution in [0.3, 0.4) is 0 Å². The third-order valence-corrected chi connectivity index (χ3v) is 3.84. The topological polar surface area (TPSA) is 39.1 Å². The van der Waals surface area contributed by atoms with Gasteiger partial charge in [-0.2, -0.15) is 5.26 Å². The summed E-state index contributed by atoms with van der Waals surface area (Å²) in [5.74, 6) is 0. The van der Waals surface area contributed by atoms with E-state index in [4.69, 9.17) is 5.26 Å². The Bertz CT molecular complexity index is 413. The molecule has 1 fully saturated rings. The zero-order valence-electron chi connectivity index (χ0n) is 11.7. The maximum atomic E-state index is 8.77. The molecule has 3 heteroatoms. The number of benzene rings is 1. The van der Waals surface area contributed by atoms with E-state index in [0.717, 1.165) is 12.1 Å². The largest absolute Gasteiger partial charge is 0.310 e. The lowest BCUT2D eigenvalue weighted by atomic mass is 10.1.